The fraction of sp³-hybridized carbons (Fsp3) is 0.579. The molecule has 0 aromatic heterocycles. The van der Waals surface area contributed by atoms with Crippen LogP contribution in [0.4, 0.5) is 18.9 Å². The summed E-state index contributed by atoms with van der Waals surface area (Å²) in [4.78, 5) is 2.12. The molecule has 0 aliphatic heterocycles. The zero-order chi connectivity index (χ0) is 21.1. The van der Waals surface area contributed by atoms with Crippen LogP contribution in [0.1, 0.15) is 37.8 Å². The number of aliphatic hydroxyl groups is 1. The van der Waals surface area contributed by atoms with Gasteiger partial charge in [0.2, 0.25) is 0 Å². The molecule has 0 radical (unpaired) electrons. The maximum Gasteiger partial charge on any atom is 0.421 e. The predicted molar refractivity (Wildman–Crippen MR) is 102 cm³/mol. The first-order chi connectivity index (χ1) is 11.9. The van der Waals surface area contributed by atoms with Crippen molar-refractivity contribution in [1.82, 2.24) is 4.90 Å². The van der Waals surface area contributed by atoms with Crippen LogP contribution < -0.4 is 10.5 Å². The van der Waals surface area contributed by atoms with Gasteiger partial charge in [0, 0.05) is 17.3 Å². The number of hydrogen-bond donors (Lipinski definition) is 2. The summed E-state index contributed by atoms with van der Waals surface area (Å²) >= 11 is 0. The van der Waals surface area contributed by atoms with Crippen molar-refractivity contribution in [3.8, 4) is 5.75 Å². The molecule has 1 atom stereocenters. The zero-order valence-corrected chi connectivity index (χ0v) is 16.7. The van der Waals surface area contributed by atoms with Crippen LogP contribution in [0, 0.1) is 6.92 Å². The zero-order valence-electron chi connectivity index (χ0n) is 16.7. The van der Waals surface area contributed by atoms with E-state index >= 15 is 0 Å². The molecule has 0 fully saturated rings. The summed E-state index contributed by atoms with van der Waals surface area (Å²) in [5.41, 5.74) is 3.22. The van der Waals surface area contributed by atoms with E-state index in [0.29, 0.717) is 11.3 Å². The molecule has 1 rings (SSSR count). The van der Waals surface area contributed by atoms with Crippen LogP contribution in [-0.2, 0) is 5.60 Å². The number of methoxy groups -OCH3 is 1. The number of nitrogens with two attached hydrogens (primary N) is 1. The number of ether oxygens (including phenoxy) is 1. The lowest BCUT2D eigenvalue weighted by atomic mass is 9.86. The number of hydrogen-bond acceptors (Lipinski definition) is 4. The summed E-state index contributed by atoms with van der Waals surface area (Å²) in [5.74, 6) is -0.0589. The molecule has 0 amide bonds. The summed E-state index contributed by atoms with van der Waals surface area (Å²) in [7, 11) is 5.36. The minimum absolute atomic E-state index is 0.0589. The van der Waals surface area contributed by atoms with Gasteiger partial charge in [0.1, 0.15) is 5.75 Å². The number of benzene rings is 1. The van der Waals surface area contributed by atoms with E-state index in [1.807, 2.05) is 0 Å². The van der Waals surface area contributed by atoms with Crippen LogP contribution >= 0.6 is 0 Å². The highest BCUT2D eigenvalue weighted by Crippen LogP contribution is 2.46. The van der Waals surface area contributed by atoms with Crippen molar-refractivity contribution in [2.24, 2.45) is 0 Å². The number of halogens is 3. The van der Waals surface area contributed by atoms with Crippen LogP contribution in [0.2, 0.25) is 0 Å². The number of rotatable bonds is 5. The molecule has 4 nitrogen and oxygen atoms in total. The fourth-order valence-electron chi connectivity index (χ4n) is 1.99. The molecule has 0 heterocycles. The first-order valence-electron chi connectivity index (χ1n) is 8.32. The standard InChI is InChI=1S/C13H18F3NO2.C4H11N.C2H4/c1-4-5-12(18,13(14,15)16)9-6-8(2)10(17)7-11(9)19-3;1-4-5(2)3;1-2/h6-7,18H,4-5,17H2,1-3H3;4H2,1-3H3;1-2H2. The molecule has 152 valence electrons. The molecule has 0 aliphatic carbocycles. The monoisotopic (exact) mass is 378 g/mol. The number of alkyl halides is 3. The Morgan fingerprint density at radius 1 is 1.19 bits per heavy atom. The average Bonchev–Trinajstić information content (AvgIpc) is 2.58. The van der Waals surface area contributed by atoms with E-state index in [0.717, 1.165) is 6.54 Å². The first kappa shape index (κ1) is 26.5. The molecule has 0 spiro atoms. The predicted octanol–water partition coefficient (Wildman–Crippen LogP) is 4.51. The van der Waals surface area contributed by atoms with Crippen molar-refractivity contribution in [1.29, 1.82) is 0 Å². The molecule has 1 aromatic rings. The molecular weight excluding hydrogens is 345 g/mol. The van der Waals surface area contributed by atoms with Crippen LogP contribution in [0.15, 0.2) is 25.3 Å². The lowest BCUT2D eigenvalue weighted by Gasteiger charge is -2.32. The number of nitrogens with zero attached hydrogens (tertiary/aromatic N) is 1. The summed E-state index contributed by atoms with van der Waals surface area (Å²) in [5, 5.41) is 10.1. The minimum atomic E-state index is -4.78. The highest BCUT2D eigenvalue weighted by Gasteiger charge is 2.55. The first-order valence-corrected chi connectivity index (χ1v) is 8.32. The Bertz CT molecular complexity index is 534. The number of aryl methyl sites for hydroxylation is 1. The van der Waals surface area contributed by atoms with Gasteiger partial charge in [0.05, 0.1) is 7.11 Å². The summed E-state index contributed by atoms with van der Waals surface area (Å²) in [6.45, 7) is 12.4. The molecular formula is C19H33F3N2O2. The van der Waals surface area contributed by atoms with Crippen molar-refractivity contribution in [2.75, 3.05) is 33.5 Å². The lowest BCUT2D eigenvalue weighted by molar-refractivity contribution is -0.269. The van der Waals surface area contributed by atoms with Crippen molar-refractivity contribution in [3.63, 3.8) is 0 Å². The molecule has 0 saturated carbocycles. The Morgan fingerprint density at radius 3 is 1.96 bits per heavy atom. The van der Waals surface area contributed by atoms with Crippen molar-refractivity contribution < 1.29 is 23.0 Å². The number of nitrogen functional groups attached to an aromatic ring is 1. The van der Waals surface area contributed by atoms with E-state index in [-0.39, 0.29) is 17.7 Å². The molecule has 0 bridgehead atoms. The lowest BCUT2D eigenvalue weighted by Crippen LogP contribution is -2.42. The van der Waals surface area contributed by atoms with Gasteiger partial charge in [-0.2, -0.15) is 13.2 Å². The van der Waals surface area contributed by atoms with Gasteiger partial charge in [-0.25, -0.2) is 0 Å². The molecule has 3 N–H and O–H groups in total. The largest absolute Gasteiger partial charge is 0.496 e. The third kappa shape index (κ3) is 7.25. The van der Waals surface area contributed by atoms with Gasteiger partial charge in [0.25, 0.3) is 0 Å². The van der Waals surface area contributed by atoms with E-state index in [2.05, 4.69) is 39.1 Å². The molecule has 1 aromatic carbocycles. The second-order valence-electron chi connectivity index (χ2n) is 5.91. The highest BCUT2D eigenvalue weighted by molar-refractivity contribution is 5.56. The maximum absolute atomic E-state index is 13.2. The molecule has 0 aliphatic rings. The fourth-order valence-corrected chi connectivity index (χ4v) is 1.99. The maximum atomic E-state index is 13.2. The van der Waals surface area contributed by atoms with Crippen molar-refractivity contribution in [2.45, 2.75) is 45.4 Å². The Kier molecular flexibility index (Phi) is 12.0. The van der Waals surface area contributed by atoms with Gasteiger partial charge in [0.15, 0.2) is 5.60 Å². The topological polar surface area (TPSA) is 58.7 Å². The Balaban J connectivity index is 0. The Hall–Kier alpha value is -1.73. The van der Waals surface area contributed by atoms with E-state index < -0.39 is 18.2 Å². The van der Waals surface area contributed by atoms with Gasteiger partial charge in [-0.1, -0.05) is 20.3 Å². The molecule has 26 heavy (non-hydrogen) atoms. The normalized spacial score (nSPS) is 13.0. The quantitative estimate of drug-likeness (QED) is 0.585. The average molecular weight is 378 g/mol. The van der Waals surface area contributed by atoms with E-state index in [1.165, 1.54) is 19.2 Å². The second kappa shape index (κ2) is 11.8. The van der Waals surface area contributed by atoms with Gasteiger partial charge < -0.3 is 20.5 Å². The third-order valence-corrected chi connectivity index (χ3v) is 3.75. The van der Waals surface area contributed by atoms with Crippen LogP contribution in [0.25, 0.3) is 0 Å². The van der Waals surface area contributed by atoms with Crippen LogP contribution in [0.5, 0.6) is 5.75 Å². The summed E-state index contributed by atoms with van der Waals surface area (Å²) < 4.78 is 44.5. The molecule has 0 saturated heterocycles. The van der Waals surface area contributed by atoms with Gasteiger partial charge in [-0.05, 0) is 45.6 Å². The molecule has 1 unspecified atom stereocenters. The SMILES string of the molecule is C=C.CCCC(O)(c1cc(C)c(N)cc1OC)C(F)(F)F.CCN(C)C. The Labute approximate surface area is 155 Å². The van der Waals surface area contributed by atoms with Crippen molar-refractivity contribution in [3.05, 3.63) is 36.4 Å². The van der Waals surface area contributed by atoms with Crippen LogP contribution in [0.3, 0.4) is 0 Å². The molecule has 7 heteroatoms. The van der Waals surface area contributed by atoms with Crippen molar-refractivity contribution >= 4 is 5.69 Å². The van der Waals surface area contributed by atoms with Crippen LogP contribution in [-0.4, -0.2) is 43.9 Å². The second-order valence-corrected chi connectivity index (χ2v) is 5.91. The smallest absolute Gasteiger partial charge is 0.421 e. The third-order valence-electron chi connectivity index (χ3n) is 3.75. The minimum Gasteiger partial charge on any atom is -0.496 e. The van der Waals surface area contributed by atoms with E-state index in [1.54, 1.807) is 13.8 Å². The summed E-state index contributed by atoms with van der Waals surface area (Å²) in [6.07, 6.45) is -5.03. The Morgan fingerprint density at radius 2 is 1.65 bits per heavy atom. The number of anilines is 1. The van der Waals surface area contributed by atoms with E-state index in [9.17, 15) is 18.3 Å². The van der Waals surface area contributed by atoms with Gasteiger partial charge in [-0.3, -0.25) is 0 Å². The highest BCUT2D eigenvalue weighted by atomic mass is 19.4. The van der Waals surface area contributed by atoms with Gasteiger partial charge >= 0.3 is 6.18 Å². The van der Waals surface area contributed by atoms with E-state index in [4.69, 9.17) is 10.5 Å². The van der Waals surface area contributed by atoms with Gasteiger partial charge in [-0.15, -0.1) is 13.2 Å². The summed E-state index contributed by atoms with van der Waals surface area (Å²) in [6, 6.07) is 2.54.